The minimum absolute atomic E-state index is 0.0204. The van der Waals surface area contributed by atoms with Gasteiger partial charge in [0.15, 0.2) is 0 Å². The molecule has 188 valence electrons. The van der Waals surface area contributed by atoms with Gasteiger partial charge in [0, 0.05) is 22.1 Å². The normalized spacial score (nSPS) is 13.5. The van der Waals surface area contributed by atoms with Crippen LogP contribution < -0.4 is 15.4 Å². The first kappa shape index (κ1) is 20.2. The summed E-state index contributed by atoms with van der Waals surface area (Å²) >= 11 is 6.46. The Kier molecular flexibility index (Phi) is 6.22. The van der Waals surface area contributed by atoms with Crippen LogP contribution in [0, 0.1) is 5.82 Å². The summed E-state index contributed by atoms with van der Waals surface area (Å²) in [5.74, 6) is 1.70. The quantitative estimate of drug-likeness (QED) is 0.198. The lowest BCUT2D eigenvalue weighted by Gasteiger charge is -2.12. The second-order valence-corrected chi connectivity index (χ2v) is 8.54. The van der Waals surface area contributed by atoms with Crippen molar-refractivity contribution in [1.82, 2.24) is 15.3 Å². The monoisotopic (exact) mass is 520 g/mol. The Morgan fingerprint density at radius 1 is 1.05 bits per heavy atom. The highest BCUT2D eigenvalue weighted by Crippen LogP contribution is 2.32. The van der Waals surface area contributed by atoms with Crippen molar-refractivity contribution >= 4 is 34.0 Å². The first-order chi connectivity index (χ1) is 19.5. The molecule has 0 aliphatic carbocycles. The predicted molar refractivity (Wildman–Crippen MR) is 145 cm³/mol. The molecule has 37 heavy (non-hydrogen) atoms. The van der Waals surface area contributed by atoms with Crippen molar-refractivity contribution in [2.75, 3.05) is 11.8 Å². The van der Waals surface area contributed by atoms with Gasteiger partial charge in [-0.1, -0.05) is 30.7 Å². The first-order valence-electron chi connectivity index (χ1n) is 13.5. The largest absolute Gasteiger partial charge is 0.487 e. The molecule has 0 spiro atoms. The van der Waals surface area contributed by atoms with Crippen LogP contribution >= 0.6 is 11.6 Å². The number of aromatic nitrogens is 2. The standard InChI is InChI=1S/C29H26ClFN4O2/c1-2-12-32-16-23-8-11-27(37-23)20-6-9-26-24(14-20)29(34-18-33-26)35-22-7-10-28(25(30)15-22)36-17-19-4-3-5-21(31)13-19/h3-11,13-15,18,32H,2,12,16-17H2,1H3,(H,33,34,35)/i2D2,12D2. The van der Waals surface area contributed by atoms with E-state index in [4.69, 9.17) is 26.2 Å². The highest BCUT2D eigenvalue weighted by atomic mass is 35.5. The zero-order valence-electron chi connectivity index (χ0n) is 23.9. The Morgan fingerprint density at radius 2 is 1.97 bits per heavy atom. The molecule has 8 heteroatoms. The average molecular weight is 521 g/mol. The molecule has 0 fully saturated rings. The van der Waals surface area contributed by atoms with Crippen LogP contribution in [0.2, 0.25) is 5.02 Å². The number of halogens is 2. The molecule has 2 N–H and O–H groups in total. The lowest BCUT2D eigenvalue weighted by molar-refractivity contribution is 0.306. The Hall–Kier alpha value is -3.94. The van der Waals surface area contributed by atoms with Crippen molar-refractivity contribution in [2.45, 2.75) is 26.4 Å². The summed E-state index contributed by atoms with van der Waals surface area (Å²) in [6.07, 6.45) is -0.607. The third-order valence-corrected chi connectivity index (χ3v) is 5.83. The van der Waals surface area contributed by atoms with Crippen molar-refractivity contribution in [1.29, 1.82) is 0 Å². The molecule has 0 saturated carbocycles. The molecule has 3 aromatic carbocycles. The fraction of sp³-hybridized carbons (Fsp3) is 0.172. The second-order valence-electron chi connectivity index (χ2n) is 8.14. The topological polar surface area (TPSA) is 72.2 Å². The molecule has 0 bridgehead atoms. The molecular formula is C29H26ClFN4O2. The molecule has 6 nitrogen and oxygen atoms in total. The van der Waals surface area contributed by atoms with Crippen molar-refractivity contribution in [3.8, 4) is 17.1 Å². The Morgan fingerprint density at radius 3 is 2.81 bits per heavy atom. The summed E-state index contributed by atoms with van der Waals surface area (Å²) in [5.41, 5.74) is 2.83. The number of nitrogens with zero attached hydrogens (tertiary/aromatic N) is 2. The van der Waals surface area contributed by atoms with E-state index in [0.717, 1.165) is 10.9 Å². The molecule has 5 rings (SSSR count). The van der Waals surface area contributed by atoms with Crippen LogP contribution in [0.4, 0.5) is 15.9 Å². The van der Waals surface area contributed by atoms with Crippen LogP contribution in [0.5, 0.6) is 5.75 Å². The van der Waals surface area contributed by atoms with Gasteiger partial charge in [0.1, 0.15) is 41.8 Å². The number of rotatable bonds is 10. The molecule has 2 aromatic heterocycles. The van der Waals surface area contributed by atoms with E-state index in [-0.39, 0.29) is 19.0 Å². The number of anilines is 2. The predicted octanol–water partition coefficient (Wildman–Crippen LogP) is 7.50. The Bertz CT molecular complexity index is 1690. The number of furan rings is 1. The summed E-state index contributed by atoms with van der Waals surface area (Å²) in [5, 5.41) is 6.96. The van der Waals surface area contributed by atoms with Crippen LogP contribution in [0.15, 0.2) is 83.5 Å². The summed E-state index contributed by atoms with van der Waals surface area (Å²) in [6, 6.07) is 20.5. The van der Waals surface area contributed by atoms with Crippen LogP contribution in [-0.4, -0.2) is 16.5 Å². The molecule has 0 atom stereocenters. The third kappa shape index (κ3) is 6.07. The SMILES string of the molecule is [2H]C([2H])(C)C([2H])([2H])NCc1ccc(-c2ccc3ncnc(Nc4ccc(OCc5cccc(F)c5)c(Cl)c4)c3c2)o1. The van der Waals surface area contributed by atoms with E-state index in [1.54, 1.807) is 42.5 Å². The van der Waals surface area contributed by atoms with Crippen LogP contribution in [-0.2, 0) is 13.2 Å². The maximum atomic E-state index is 13.4. The van der Waals surface area contributed by atoms with Gasteiger partial charge in [-0.3, -0.25) is 0 Å². The van der Waals surface area contributed by atoms with Crippen molar-refractivity contribution in [2.24, 2.45) is 0 Å². The van der Waals surface area contributed by atoms with E-state index in [1.165, 1.54) is 25.4 Å². The van der Waals surface area contributed by atoms with Crippen molar-refractivity contribution in [3.05, 3.63) is 101 Å². The molecule has 2 heterocycles. The second kappa shape index (κ2) is 11.4. The van der Waals surface area contributed by atoms with Gasteiger partial charge in [-0.25, -0.2) is 14.4 Å². The highest BCUT2D eigenvalue weighted by Gasteiger charge is 2.11. The Labute approximate surface area is 225 Å². The summed E-state index contributed by atoms with van der Waals surface area (Å²) in [6.45, 7) is -0.849. The minimum Gasteiger partial charge on any atom is -0.487 e. The van der Waals surface area contributed by atoms with Gasteiger partial charge >= 0.3 is 0 Å². The average Bonchev–Trinajstić information content (AvgIpc) is 3.40. The number of hydrogen-bond acceptors (Lipinski definition) is 6. The number of nitrogens with one attached hydrogen (secondary N) is 2. The lowest BCUT2D eigenvalue weighted by atomic mass is 10.1. The minimum atomic E-state index is -2.23. The smallest absolute Gasteiger partial charge is 0.141 e. The molecule has 0 aliphatic rings. The van der Waals surface area contributed by atoms with Crippen LogP contribution in [0.3, 0.4) is 0 Å². The molecule has 0 aliphatic heterocycles. The van der Waals surface area contributed by atoms with Gasteiger partial charge in [-0.05, 0) is 79.1 Å². The molecule has 0 amide bonds. The lowest BCUT2D eigenvalue weighted by Crippen LogP contribution is -2.12. The van der Waals surface area contributed by atoms with E-state index in [0.29, 0.717) is 44.9 Å². The van der Waals surface area contributed by atoms with Gasteiger partial charge in [-0.15, -0.1) is 0 Å². The molecule has 0 radical (unpaired) electrons. The zero-order chi connectivity index (χ0) is 29.2. The number of benzene rings is 3. The number of fused-ring (bicyclic) bond motifs is 1. The maximum Gasteiger partial charge on any atom is 0.141 e. The van der Waals surface area contributed by atoms with Crippen molar-refractivity contribution < 1.29 is 19.0 Å². The highest BCUT2D eigenvalue weighted by molar-refractivity contribution is 6.32. The Balaban J connectivity index is 1.32. The summed E-state index contributed by atoms with van der Waals surface area (Å²) in [4.78, 5) is 8.76. The fourth-order valence-electron chi connectivity index (χ4n) is 3.78. The molecular weight excluding hydrogens is 491 g/mol. The van der Waals surface area contributed by atoms with Gasteiger partial charge < -0.3 is 19.8 Å². The first-order valence-corrected chi connectivity index (χ1v) is 11.9. The zero-order valence-corrected chi connectivity index (χ0v) is 20.6. The number of hydrogen-bond donors (Lipinski definition) is 2. The molecule has 0 saturated heterocycles. The van der Waals surface area contributed by atoms with E-state index in [9.17, 15) is 4.39 Å². The molecule has 5 aromatic rings. The van der Waals surface area contributed by atoms with E-state index in [1.807, 2.05) is 18.2 Å². The van der Waals surface area contributed by atoms with E-state index < -0.39 is 12.9 Å². The van der Waals surface area contributed by atoms with Gasteiger partial charge in [-0.2, -0.15) is 0 Å². The maximum absolute atomic E-state index is 13.4. The summed E-state index contributed by atoms with van der Waals surface area (Å²) in [7, 11) is 0. The fourth-order valence-corrected chi connectivity index (χ4v) is 4.01. The van der Waals surface area contributed by atoms with Crippen LogP contribution in [0.25, 0.3) is 22.2 Å². The number of ether oxygens (including phenoxy) is 1. The van der Waals surface area contributed by atoms with Crippen LogP contribution in [0.1, 0.15) is 30.1 Å². The van der Waals surface area contributed by atoms with E-state index >= 15 is 0 Å². The summed E-state index contributed by atoms with van der Waals surface area (Å²) < 4.78 is 56.2. The van der Waals surface area contributed by atoms with Gasteiger partial charge in [0.25, 0.3) is 0 Å². The van der Waals surface area contributed by atoms with E-state index in [2.05, 4.69) is 20.6 Å². The molecule has 0 unspecified atom stereocenters. The van der Waals surface area contributed by atoms with Crippen molar-refractivity contribution in [3.63, 3.8) is 0 Å². The van der Waals surface area contributed by atoms with Gasteiger partial charge in [0.05, 0.1) is 17.1 Å². The van der Waals surface area contributed by atoms with Gasteiger partial charge in [0.2, 0.25) is 0 Å². The third-order valence-electron chi connectivity index (χ3n) is 5.54.